The number of anilines is 1. The Morgan fingerprint density at radius 2 is 1.91 bits per heavy atom. The Labute approximate surface area is 195 Å². The van der Waals surface area contributed by atoms with Gasteiger partial charge in [-0.1, -0.05) is 55.4 Å². The maximum Gasteiger partial charge on any atom is 0.276 e. The van der Waals surface area contributed by atoms with Crippen molar-refractivity contribution in [2.75, 3.05) is 11.1 Å². The minimum atomic E-state index is -0.132. The second-order valence-corrected chi connectivity index (χ2v) is 9.45. The van der Waals surface area contributed by atoms with Gasteiger partial charge in [-0.25, -0.2) is 4.98 Å². The molecule has 5 nitrogen and oxygen atoms in total. The van der Waals surface area contributed by atoms with Crippen LogP contribution >= 0.6 is 23.1 Å². The normalized spacial score (nSPS) is 11.1. The number of benzene rings is 2. The number of hydrogen-bond acceptors (Lipinski definition) is 5. The molecule has 0 spiro atoms. The summed E-state index contributed by atoms with van der Waals surface area (Å²) >= 11 is 2.65. The average molecular weight is 464 g/mol. The number of para-hydroxylation sites is 1. The molecule has 0 bridgehead atoms. The lowest BCUT2D eigenvalue weighted by molar-refractivity contribution is -0.113. The van der Waals surface area contributed by atoms with Crippen molar-refractivity contribution in [3.8, 4) is 5.69 Å². The van der Waals surface area contributed by atoms with Crippen LogP contribution in [0.5, 0.6) is 0 Å². The maximum atomic E-state index is 13.2. The van der Waals surface area contributed by atoms with Crippen molar-refractivity contribution in [1.29, 1.82) is 0 Å². The number of aryl methyl sites for hydroxylation is 2. The summed E-state index contributed by atoms with van der Waals surface area (Å²) in [6.07, 6.45) is 3.37. The van der Waals surface area contributed by atoms with E-state index < -0.39 is 0 Å². The Hall–Kier alpha value is -2.90. The zero-order valence-corrected chi connectivity index (χ0v) is 19.8. The second-order valence-electron chi connectivity index (χ2n) is 7.59. The first-order chi connectivity index (χ1) is 15.6. The molecule has 1 amide bonds. The quantitative estimate of drug-likeness (QED) is 0.264. The van der Waals surface area contributed by atoms with E-state index in [2.05, 4.69) is 29.4 Å². The summed E-state index contributed by atoms with van der Waals surface area (Å²) in [5.41, 5.74) is 4.36. The lowest BCUT2D eigenvalue weighted by Gasteiger charge is -2.14. The van der Waals surface area contributed by atoms with Gasteiger partial charge in [0.1, 0.15) is 4.70 Å². The van der Waals surface area contributed by atoms with Crippen LogP contribution in [0.4, 0.5) is 5.69 Å². The molecule has 0 radical (unpaired) electrons. The van der Waals surface area contributed by atoms with Gasteiger partial charge in [0, 0.05) is 5.69 Å². The van der Waals surface area contributed by atoms with Gasteiger partial charge in [-0.3, -0.25) is 14.2 Å². The maximum absolute atomic E-state index is 13.2. The van der Waals surface area contributed by atoms with Crippen molar-refractivity contribution in [3.63, 3.8) is 0 Å². The number of nitrogens with one attached hydrogen (secondary N) is 1. The SMILES string of the molecule is CCCCc1ccc(NC(=O)CSc2nc3ccsc3c(=O)n2-c2ccccc2C)cc1. The van der Waals surface area contributed by atoms with E-state index in [1.807, 2.05) is 54.8 Å². The van der Waals surface area contributed by atoms with E-state index in [0.29, 0.717) is 15.4 Å². The molecule has 0 aliphatic carbocycles. The number of aromatic nitrogens is 2. The molecule has 2 aromatic heterocycles. The number of carbonyl (C=O) groups excluding carboxylic acids is 1. The van der Waals surface area contributed by atoms with Gasteiger partial charge in [-0.2, -0.15) is 0 Å². The van der Waals surface area contributed by atoms with Crippen LogP contribution in [0.1, 0.15) is 30.9 Å². The van der Waals surface area contributed by atoms with Crippen LogP contribution in [-0.4, -0.2) is 21.2 Å². The molecular weight excluding hydrogens is 438 g/mol. The lowest BCUT2D eigenvalue weighted by atomic mass is 10.1. The number of nitrogens with zero attached hydrogens (tertiary/aromatic N) is 2. The summed E-state index contributed by atoms with van der Waals surface area (Å²) in [7, 11) is 0. The molecule has 7 heteroatoms. The van der Waals surface area contributed by atoms with Crippen LogP contribution in [0, 0.1) is 6.92 Å². The van der Waals surface area contributed by atoms with Crippen molar-refractivity contribution in [2.45, 2.75) is 38.3 Å². The Morgan fingerprint density at radius 1 is 1.12 bits per heavy atom. The molecule has 4 aromatic rings. The van der Waals surface area contributed by atoms with Gasteiger partial charge in [0.2, 0.25) is 5.91 Å². The van der Waals surface area contributed by atoms with E-state index in [1.165, 1.54) is 28.7 Å². The molecule has 0 aliphatic heterocycles. The summed E-state index contributed by atoms with van der Waals surface area (Å²) in [4.78, 5) is 30.5. The van der Waals surface area contributed by atoms with Crippen molar-refractivity contribution in [1.82, 2.24) is 9.55 Å². The molecule has 0 fully saturated rings. The van der Waals surface area contributed by atoms with Gasteiger partial charge in [0.05, 0.1) is 17.0 Å². The number of hydrogen-bond donors (Lipinski definition) is 1. The van der Waals surface area contributed by atoms with Crippen molar-refractivity contribution in [2.24, 2.45) is 0 Å². The molecule has 164 valence electrons. The fourth-order valence-corrected chi connectivity index (χ4v) is 5.04. The summed E-state index contributed by atoms with van der Waals surface area (Å²) < 4.78 is 2.24. The van der Waals surface area contributed by atoms with Gasteiger partial charge >= 0.3 is 0 Å². The Balaban J connectivity index is 1.54. The molecule has 1 N–H and O–H groups in total. The third kappa shape index (κ3) is 4.95. The Morgan fingerprint density at radius 3 is 2.66 bits per heavy atom. The van der Waals surface area contributed by atoms with Crippen molar-refractivity contribution >= 4 is 44.9 Å². The standard InChI is InChI=1S/C25H25N3O2S2/c1-3-4-8-18-10-12-19(13-11-18)26-22(29)16-32-25-27-20-14-15-31-23(20)24(30)28(25)21-9-6-5-7-17(21)2/h5-7,9-15H,3-4,8,16H2,1-2H3,(H,26,29). The molecule has 2 heterocycles. The monoisotopic (exact) mass is 463 g/mol. The van der Waals surface area contributed by atoms with Gasteiger partial charge in [0.25, 0.3) is 5.56 Å². The molecule has 4 rings (SSSR count). The minimum Gasteiger partial charge on any atom is -0.325 e. The first kappa shape index (κ1) is 22.3. The zero-order chi connectivity index (χ0) is 22.5. The van der Waals surface area contributed by atoms with Crippen LogP contribution in [0.2, 0.25) is 0 Å². The Bertz CT molecular complexity index is 1290. The first-order valence-electron chi connectivity index (χ1n) is 10.6. The predicted octanol–water partition coefficient (Wildman–Crippen LogP) is 5.83. The third-order valence-corrected chi connectivity index (χ3v) is 7.02. The highest BCUT2D eigenvalue weighted by Gasteiger charge is 2.16. The van der Waals surface area contributed by atoms with Crippen LogP contribution in [-0.2, 0) is 11.2 Å². The number of amides is 1. The molecule has 32 heavy (non-hydrogen) atoms. The summed E-state index contributed by atoms with van der Waals surface area (Å²) in [6, 6.07) is 17.5. The molecule has 0 saturated carbocycles. The summed E-state index contributed by atoms with van der Waals surface area (Å²) in [5, 5.41) is 5.32. The fourth-order valence-electron chi connectivity index (χ4n) is 3.48. The number of thioether (sulfide) groups is 1. The third-order valence-electron chi connectivity index (χ3n) is 5.19. The van der Waals surface area contributed by atoms with E-state index in [0.717, 1.165) is 36.2 Å². The first-order valence-corrected chi connectivity index (χ1v) is 12.5. The Kier molecular flexibility index (Phi) is 7.07. The van der Waals surface area contributed by atoms with E-state index >= 15 is 0 Å². The highest BCUT2D eigenvalue weighted by molar-refractivity contribution is 7.99. The molecule has 0 saturated heterocycles. The number of rotatable bonds is 8. The highest BCUT2D eigenvalue weighted by Crippen LogP contribution is 2.25. The molecule has 0 aliphatic rings. The molecule has 2 aromatic carbocycles. The second kappa shape index (κ2) is 10.1. The van der Waals surface area contributed by atoms with E-state index in [1.54, 1.807) is 4.57 Å². The van der Waals surface area contributed by atoms with E-state index in [-0.39, 0.29) is 17.2 Å². The average Bonchev–Trinajstić information content (AvgIpc) is 3.27. The molecule has 0 atom stereocenters. The van der Waals surface area contributed by atoms with Gasteiger partial charge in [0.15, 0.2) is 5.16 Å². The lowest BCUT2D eigenvalue weighted by Crippen LogP contribution is -2.22. The van der Waals surface area contributed by atoms with E-state index in [4.69, 9.17) is 0 Å². The number of carbonyl (C=O) groups is 1. The molecule has 0 unspecified atom stereocenters. The minimum absolute atomic E-state index is 0.107. The summed E-state index contributed by atoms with van der Waals surface area (Å²) in [6.45, 7) is 4.14. The number of thiophene rings is 1. The number of fused-ring (bicyclic) bond motifs is 1. The highest BCUT2D eigenvalue weighted by atomic mass is 32.2. The fraction of sp³-hybridized carbons (Fsp3) is 0.240. The van der Waals surface area contributed by atoms with Crippen LogP contribution < -0.4 is 10.9 Å². The zero-order valence-electron chi connectivity index (χ0n) is 18.1. The molecular formula is C25H25N3O2S2. The van der Waals surface area contributed by atoms with Crippen LogP contribution in [0.15, 0.2) is 69.9 Å². The number of unbranched alkanes of at least 4 members (excludes halogenated alkanes) is 1. The van der Waals surface area contributed by atoms with Crippen molar-refractivity contribution < 1.29 is 4.79 Å². The predicted molar refractivity (Wildman–Crippen MR) is 134 cm³/mol. The van der Waals surface area contributed by atoms with Gasteiger partial charge in [-0.05, 0) is 60.5 Å². The smallest absolute Gasteiger partial charge is 0.276 e. The van der Waals surface area contributed by atoms with Crippen LogP contribution in [0.3, 0.4) is 0 Å². The van der Waals surface area contributed by atoms with Crippen molar-refractivity contribution in [3.05, 3.63) is 81.5 Å². The largest absolute Gasteiger partial charge is 0.325 e. The van der Waals surface area contributed by atoms with Gasteiger partial charge in [-0.15, -0.1) is 11.3 Å². The topological polar surface area (TPSA) is 64.0 Å². The summed E-state index contributed by atoms with van der Waals surface area (Å²) in [5.74, 6) is 0.0262. The van der Waals surface area contributed by atoms with Gasteiger partial charge < -0.3 is 5.32 Å². The van der Waals surface area contributed by atoms with Crippen LogP contribution in [0.25, 0.3) is 15.9 Å². The van der Waals surface area contributed by atoms with E-state index in [9.17, 15) is 9.59 Å².